The third-order valence-corrected chi connectivity index (χ3v) is 3.25. The molecule has 3 atom stereocenters. The summed E-state index contributed by atoms with van der Waals surface area (Å²) in [7, 11) is 1.71. The maximum atomic E-state index is 9.49. The molecule has 0 amide bonds. The first-order chi connectivity index (χ1) is 8.58. The molecule has 1 saturated carbocycles. The maximum Gasteiger partial charge on any atom is 0.107 e. The summed E-state index contributed by atoms with van der Waals surface area (Å²) in [6.07, 6.45) is 2.31. The molecule has 0 aromatic heterocycles. The molecule has 18 heavy (non-hydrogen) atoms. The van der Waals surface area contributed by atoms with E-state index in [1.807, 2.05) is 6.92 Å². The molecule has 1 aliphatic rings. The molecule has 0 bridgehead atoms. The van der Waals surface area contributed by atoms with Crippen molar-refractivity contribution in [3.8, 4) is 0 Å². The van der Waals surface area contributed by atoms with E-state index in [4.69, 9.17) is 10.8 Å². The van der Waals surface area contributed by atoms with Crippen molar-refractivity contribution < 1.29 is 10.2 Å². The van der Waals surface area contributed by atoms with Gasteiger partial charge in [0.15, 0.2) is 0 Å². The van der Waals surface area contributed by atoms with Gasteiger partial charge in [0.05, 0.1) is 25.2 Å². The number of amidine groups is 2. The Hall–Kier alpha value is -1.14. The van der Waals surface area contributed by atoms with Crippen LogP contribution in [0.1, 0.15) is 26.2 Å². The van der Waals surface area contributed by atoms with Crippen molar-refractivity contribution in [3.63, 3.8) is 0 Å². The van der Waals surface area contributed by atoms with Crippen LogP contribution in [-0.4, -0.2) is 54.2 Å². The summed E-state index contributed by atoms with van der Waals surface area (Å²) in [5.41, 5.74) is 5.85. The molecule has 0 aromatic carbocycles. The summed E-state index contributed by atoms with van der Waals surface area (Å²) >= 11 is 0. The summed E-state index contributed by atoms with van der Waals surface area (Å²) < 4.78 is 0. The van der Waals surface area contributed by atoms with Gasteiger partial charge in [0.1, 0.15) is 11.7 Å². The quantitative estimate of drug-likeness (QED) is 0.393. The standard InChI is InChI=1S/C12H24N4O2/c1-8(11(13)15-5-6-17)12(14-2)16-9-3-4-10(18)7-9/h8-10,17-18H,3-7H2,1-2H3,(H2,13,15)(H,14,16). The minimum absolute atomic E-state index is 0.00569. The lowest BCUT2D eigenvalue weighted by Gasteiger charge is -2.20. The maximum absolute atomic E-state index is 9.49. The molecule has 0 heterocycles. The number of aliphatic hydroxyl groups excluding tert-OH is 2. The zero-order valence-electron chi connectivity index (χ0n) is 11.1. The fourth-order valence-electron chi connectivity index (χ4n) is 2.14. The first-order valence-corrected chi connectivity index (χ1v) is 6.40. The molecular weight excluding hydrogens is 232 g/mol. The normalized spacial score (nSPS) is 27.3. The Morgan fingerprint density at radius 3 is 2.72 bits per heavy atom. The fourth-order valence-corrected chi connectivity index (χ4v) is 2.14. The first-order valence-electron chi connectivity index (χ1n) is 6.40. The van der Waals surface area contributed by atoms with Crippen LogP contribution in [0.5, 0.6) is 0 Å². The lowest BCUT2D eigenvalue weighted by molar-refractivity contribution is 0.180. The van der Waals surface area contributed by atoms with Crippen molar-refractivity contribution in [1.82, 2.24) is 5.32 Å². The minimum atomic E-state index is -0.212. The number of hydrogen-bond acceptors (Lipinski definition) is 4. The zero-order chi connectivity index (χ0) is 13.5. The summed E-state index contributed by atoms with van der Waals surface area (Å²) in [5, 5.41) is 21.5. The van der Waals surface area contributed by atoms with Crippen LogP contribution < -0.4 is 11.1 Å². The summed E-state index contributed by atoms with van der Waals surface area (Å²) in [5.74, 6) is 1.16. The second-order valence-corrected chi connectivity index (χ2v) is 4.67. The van der Waals surface area contributed by atoms with E-state index in [0.717, 1.165) is 25.1 Å². The van der Waals surface area contributed by atoms with Gasteiger partial charge in [0.2, 0.25) is 0 Å². The Kier molecular flexibility index (Phi) is 6.07. The predicted molar refractivity (Wildman–Crippen MR) is 72.9 cm³/mol. The average molecular weight is 256 g/mol. The highest BCUT2D eigenvalue weighted by atomic mass is 16.3. The first kappa shape index (κ1) is 14.9. The van der Waals surface area contributed by atoms with Crippen molar-refractivity contribution in [2.45, 2.75) is 38.3 Å². The van der Waals surface area contributed by atoms with E-state index in [9.17, 15) is 5.11 Å². The largest absolute Gasteiger partial charge is 0.394 e. The van der Waals surface area contributed by atoms with Crippen molar-refractivity contribution in [1.29, 1.82) is 0 Å². The van der Waals surface area contributed by atoms with E-state index < -0.39 is 0 Å². The number of nitrogens with zero attached hydrogens (tertiary/aromatic N) is 2. The number of rotatable bonds is 5. The van der Waals surface area contributed by atoms with Gasteiger partial charge in [-0.1, -0.05) is 0 Å². The molecule has 104 valence electrons. The van der Waals surface area contributed by atoms with Crippen LogP contribution in [0.15, 0.2) is 9.98 Å². The molecule has 1 rings (SSSR count). The van der Waals surface area contributed by atoms with Crippen molar-refractivity contribution >= 4 is 11.7 Å². The predicted octanol–water partition coefficient (Wildman–Crippen LogP) is -0.497. The van der Waals surface area contributed by atoms with E-state index in [1.165, 1.54) is 0 Å². The van der Waals surface area contributed by atoms with Crippen LogP contribution in [0.2, 0.25) is 0 Å². The van der Waals surface area contributed by atoms with Crippen LogP contribution in [0.25, 0.3) is 0 Å². The molecule has 0 aliphatic heterocycles. The van der Waals surface area contributed by atoms with E-state index in [1.54, 1.807) is 7.05 Å². The van der Waals surface area contributed by atoms with Gasteiger partial charge in [-0.25, -0.2) is 0 Å². The molecule has 0 saturated heterocycles. The Labute approximate surface area is 108 Å². The number of aliphatic hydroxyl groups is 2. The van der Waals surface area contributed by atoms with Gasteiger partial charge in [0, 0.05) is 13.1 Å². The monoisotopic (exact) mass is 256 g/mol. The number of nitrogens with two attached hydrogens (primary N) is 1. The third-order valence-electron chi connectivity index (χ3n) is 3.25. The van der Waals surface area contributed by atoms with Gasteiger partial charge in [0.25, 0.3) is 0 Å². The van der Waals surface area contributed by atoms with E-state index in [0.29, 0.717) is 12.4 Å². The topological polar surface area (TPSA) is 103 Å². The Balaban J connectivity index is 2.55. The average Bonchev–Trinajstić information content (AvgIpc) is 2.77. The highest BCUT2D eigenvalue weighted by Crippen LogP contribution is 2.19. The molecule has 6 nitrogen and oxygen atoms in total. The Morgan fingerprint density at radius 1 is 1.50 bits per heavy atom. The van der Waals surface area contributed by atoms with E-state index in [2.05, 4.69) is 15.3 Å². The Morgan fingerprint density at radius 2 is 2.22 bits per heavy atom. The van der Waals surface area contributed by atoms with Gasteiger partial charge < -0.3 is 21.3 Å². The van der Waals surface area contributed by atoms with E-state index >= 15 is 0 Å². The van der Waals surface area contributed by atoms with Crippen LogP contribution in [-0.2, 0) is 0 Å². The summed E-state index contributed by atoms with van der Waals surface area (Å²) in [6, 6.07) is 0.256. The highest BCUT2D eigenvalue weighted by Gasteiger charge is 2.25. The number of nitrogens with one attached hydrogen (secondary N) is 1. The zero-order valence-corrected chi connectivity index (χ0v) is 11.1. The van der Waals surface area contributed by atoms with Gasteiger partial charge in [-0.15, -0.1) is 0 Å². The minimum Gasteiger partial charge on any atom is -0.394 e. The SMILES string of the molecule is CN=C(NC1CCC(O)C1)C(C)C(N)=NCCO. The van der Waals surface area contributed by atoms with Crippen LogP contribution in [0, 0.1) is 5.92 Å². The van der Waals surface area contributed by atoms with Crippen LogP contribution in [0.4, 0.5) is 0 Å². The second-order valence-electron chi connectivity index (χ2n) is 4.67. The van der Waals surface area contributed by atoms with Crippen molar-refractivity contribution in [3.05, 3.63) is 0 Å². The molecule has 1 fully saturated rings. The highest BCUT2D eigenvalue weighted by molar-refractivity contribution is 6.04. The van der Waals surface area contributed by atoms with Crippen LogP contribution in [0.3, 0.4) is 0 Å². The van der Waals surface area contributed by atoms with Gasteiger partial charge in [-0.3, -0.25) is 9.98 Å². The Bertz CT molecular complexity index is 317. The molecule has 5 N–H and O–H groups in total. The van der Waals surface area contributed by atoms with Crippen LogP contribution >= 0.6 is 0 Å². The summed E-state index contributed by atoms with van der Waals surface area (Å²) in [6.45, 7) is 2.24. The molecule has 1 aliphatic carbocycles. The fraction of sp³-hybridized carbons (Fsp3) is 0.833. The molecule has 0 radical (unpaired) electrons. The molecule has 0 aromatic rings. The lowest BCUT2D eigenvalue weighted by Crippen LogP contribution is -2.42. The lowest BCUT2D eigenvalue weighted by atomic mass is 10.1. The smallest absolute Gasteiger partial charge is 0.107 e. The molecule has 3 unspecified atom stereocenters. The second kappa shape index (κ2) is 7.33. The molecular formula is C12H24N4O2. The number of aliphatic imine (C=N–C) groups is 2. The molecule has 6 heteroatoms. The number of hydrogen-bond donors (Lipinski definition) is 4. The van der Waals surface area contributed by atoms with Gasteiger partial charge in [-0.2, -0.15) is 0 Å². The van der Waals surface area contributed by atoms with Crippen molar-refractivity contribution in [2.24, 2.45) is 21.6 Å². The molecule has 0 spiro atoms. The summed E-state index contributed by atoms with van der Waals surface area (Å²) in [4.78, 5) is 8.28. The van der Waals surface area contributed by atoms with Gasteiger partial charge >= 0.3 is 0 Å². The third kappa shape index (κ3) is 4.27. The van der Waals surface area contributed by atoms with Crippen molar-refractivity contribution in [2.75, 3.05) is 20.2 Å². The van der Waals surface area contributed by atoms with Gasteiger partial charge in [-0.05, 0) is 26.2 Å². The van der Waals surface area contributed by atoms with E-state index in [-0.39, 0.29) is 24.7 Å².